The van der Waals surface area contributed by atoms with Crippen LogP contribution in [0, 0.1) is 5.92 Å². The van der Waals surface area contributed by atoms with Crippen LogP contribution in [0.15, 0.2) is 36.9 Å². The van der Waals surface area contributed by atoms with Crippen molar-refractivity contribution >= 4 is 11.6 Å². The zero-order valence-corrected chi connectivity index (χ0v) is 12.9. The number of rotatable bonds is 6. The molecule has 22 heavy (non-hydrogen) atoms. The van der Waals surface area contributed by atoms with E-state index in [1.165, 1.54) is 37.5 Å². The number of carbonyl (C=O) groups excluding carboxylic acids is 1. The van der Waals surface area contributed by atoms with Gasteiger partial charge in [-0.1, -0.05) is 19.9 Å². The van der Waals surface area contributed by atoms with E-state index in [1.807, 2.05) is 13.8 Å². The number of hydrogen-bond acceptors (Lipinski definition) is 2. The fourth-order valence-corrected chi connectivity index (χ4v) is 2.13. The third-order valence-electron chi connectivity index (χ3n) is 3.13. The highest BCUT2D eigenvalue weighted by atomic mass is 19.4. The van der Waals surface area contributed by atoms with Crippen LogP contribution in [0.1, 0.15) is 20.3 Å². The predicted octanol–water partition coefficient (Wildman–Crippen LogP) is 4.19. The molecule has 0 aromatic heterocycles. The molecule has 1 aromatic carbocycles. The lowest BCUT2D eigenvalue weighted by Crippen LogP contribution is -2.47. The summed E-state index contributed by atoms with van der Waals surface area (Å²) in [5.41, 5.74) is 0.161. The van der Waals surface area contributed by atoms with E-state index in [2.05, 4.69) is 6.58 Å². The topological polar surface area (TPSA) is 29.5 Å². The van der Waals surface area contributed by atoms with Crippen LogP contribution in [0.3, 0.4) is 0 Å². The molecule has 0 heterocycles. The first-order valence-corrected chi connectivity index (χ1v) is 6.87. The molecule has 0 saturated carbocycles. The average Bonchev–Trinajstić information content (AvgIpc) is 2.45. The van der Waals surface area contributed by atoms with Gasteiger partial charge in [-0.25, -0.2) is 0 Å². The minimum Gasteiger partial charge on any atom is -0.497 e. The Bertz CT molecular complexity index is 509. The predicted molar refractivity (Wildman–Crippen MR) is 80.0 cm³/mol. The number of nitrogens with zero attached hydrogens (tertiary/aromatic N) is 1. The molecule has 3 nitrogen and oxygen atoms in total. The van der Waals surface area contributed by atoms with E-state index in [1.54, 1.807) is 0 Å². The Hall–Kier alpha value is -1.98. The molecule has 122 valence electrons. The SMILES string of the molecule is C=C[C@@H](CC(C)C)N(C(=O)C(F)(F)F)c1ccc(OC)cc1. The number of alkyl halides is 3. The average molecular weight is 315 g/mol. The van der Waals surface area contributed by atoms with Gasteiger partial charge in [-0.3, -0.25) is 9.69 Å². The van der Waals surface area contributed by atoms with Crippen LogP contribution in [-0.2, 0) is 4.79 Å². The molecule has 0 bridgehead atoms. The van der Waals surface area contributed by atoms with Crippen molar-refractivity contribution in [1.29, 1.82) is 0 Å². The number of methoxy groups -OCH3 is 1. The van der Waals surface area contributed by atoms with E-state index in [0.717, 1.165) is 4.90 Å². The summed E-state index contributed by atoms with van der Waals surface area (Å²) in [6.07, 6.45) is -3.19. The van der Waals surface area contributed by atoms with Crippen molar-refractivity contribution < 1.29 is 22.7 Å². The first-order valence-electron chi connectivity index (χ1n) is 6.87. The van der Waals surface area contributed by atoms with Gasteiger partial charge in [0.1, 0.15) is 5.75 Å². The maximum atomic E-state index is 12.9. The van der Waals surface area contributed by atoms with E-state index < -0.39 is 18.1 Å². The summed E-state index contributed by atoms with van der Waals surface area (Å²) in [6, 6.07) is 5.16. The Balaban J connectivity index is 3.25. The number of benzene rings is 1. The number of amides is 1. The number of ether oxygens (including phenoxy) is 1. The zero-order chi connectivity index (χ0) is 16.9. The monoisotopic (exact) mass is 315 g/mol. The quantitative estimate of drug-likeness (QED) is 0.737. The summed E-state index contributed by atoms with van der Waals surface area (Å²) in [6.45, 7) is 7.32. The molecule has 6 heteroatoms. The highest BCUT2D eigenvalue weighted by molar-refractivity contribution is 5.98. The van der Waals surface area contributed by atoms with Gasteiger partial charge in [0.2, 0.25) is 0 Å². The molecule has 0 N–H and O–H groups in total. The second-order valence-corrected chi connectivity index (χ2v) is 5.30. The molecule has 1 aromatic rings. The first-order chi connectivity index (χ1) is 10.2. The van der Waals surface area contributed by atoms with Gasteiger partial charge in [-0.2, -0.15) is 13.2 Å². The molecule has 1 rings (SSSR count). The summed E-state index contributed by atoms with van der Waals surface area (Å²) >= 11 is 0. The number of halogens is 3. The lowest BCUT2D eigenvalue weighted by Gasteiger charge is -2.31. The fourth-order valence-electron chi connectivity index (χ4n) is 2.13. The molecule has 1 amide bonds. The fraction of sp³-hybridized carbons (Fsp3) is 0.438. The molecule has 1 atom stereocenters. The third-order valence-corrected chi connectivity index (χ3v) is 3.13. The van der Waals surface area contributed by atoms with Crippen LogP contribution < -0.4 is 9.64 Å². The van der Waals surface area contributed by atoms with E-state index in [9.17, 15) is 18.0 Å². The van der Waals surface area contributed by atoms with Gasteiger partial charge >= 0.3 is 12.1 Å². The van der Waals surface area contributed by atoms with Crippen LogP contribution in [0.4, 0.5) is 18.9 Å². The summed E-state index contributed by atoms with van der Waals surface area (Å²) < 4.78 is 43.7. The van der Waals surface area contributed by atoms with Crippen LogP contribution >= 0.6 is 0 Å². The van der Waals surface area contributed by atoms with Crippen molar-refractivity contribution in [3.63, 3.8) is 0 Å². The Labute approximate surface area is 128 Å². The first kappa shape index (κ1) is 18.1. The number of carbonyl (C=O) groups is 1. The van der Waals surface area contributed by atoms with Gasteiger partial charge in [0, 0.05) is 5.69 Å². The van der Waals surface area contributed by atoms with Gasteiger partial charge in [0.25, 0.3) is 0 Å². The van der Waals surface area contributed by atoms with Crippen molar-refractivity contribution in [2.75, 3.05) is 12.0 Å². The summed E-state index contributed by atoms with van der Waals surface area (Å²) in [4.78, 5) is 12.6. The second kappa shape index (κ2) is 7.33. The minimum absolute atomic E-state index is 0.116. The van der Waals surface area contributed by atoms with E-state index in [4.69, 9.17) is 4.74 Å². The highest BCUT2D eigenvalue weighted by Crippen LogP contribution is 2.29. The molecule has 0 aliphatic rings. The minimum atomic E-state index is -4.95. The molecule has 0 aliphatic heterocycles. The van der Waals surface area contributed by atoms with Gasteiger partial charge < -0.3 is 4.74 Å². The highest BCUT2D eigenvalue weighted by Gasteiger charge is 2.44. The van der Waals surface area contributed by atoms with Crippen LogP contribution in [-0.4, -0.2) is 25.2 Å². The second-order valence-electron chi connectivity index (χ2n) is 5.30. The summed E-state index contributed by atoms with van der Waals surface area (Å²) in [5.74, 6) is -1.28. The lowest BCUT2D eigenvalue weighted by atomic mass is 10.0. The van der Waals surface area contributed by atoms with Crippen molar-refractivity contribution in [1.82, 2.24) is 0 Å². The lowest BCUT2D eigenvalue weighted by molar-refractivity contribution is -0.170. The largest absolute Gasteiger partial charge is 0.497 e. The molecule has 0 unspecified atom stereocenters. The van der Waals surface area contributed by atoms with Crippen LogP contribution in [0.5, 0.6) is 5.75 Å². The van der Waals surface area contributed by atoms with E-state index in [-0.39, 0.29) is 11.6 Å². The molecule has 0 fully saturated rings. The van der Waals surface area contributed by atoms with Gasteiger partial charge in [0.05, 0.1) is 13.2 Å². The summed E-state index contributed by atoms with van der Waals surface area (Å²) in [5, 5.41) is 0. The third kappa shape index (κ3) is 4.51. The molecular weight excluding hydrogens is 295 g/mol. The van der Waals surface area contributed by atoms with Crippen molar-refractivity contribution in [2.45, 2.75) is 32.5 Å². The van der Waals surface area contributed by atoms with Crippen molar-refractivity contribution in [3.8, 4) is 5.75 Å². The Morgan fingerprint density at radius 2 is 1.86 bits per heavy atom. The zero-order valence-electron chi connectivity index (χ0n) is 12.9. The maximum absolute atomic E-state index is 12.9. The smallest absolute Gasteiger partial charge is 0.471 e. The van der Waals surface area contributed by atoms with Crippen molar-refractivity contribution in [2.24, 2.45) is 5.92 Å². The van der Waals surface area contributed by atoms with Crippen LogP contribution in [0.25, 0.3) is 0 Å². The molecule has 0 spiro atoms. The normalized spacial score (nSPS) is 12.9. The van der Waals surface area contributed by atoms with Crippen molar-refractivity contribution in [3.05, 3.63) is 36.9 Å². The molecule has 0 saturated heterocycles. The van der Waals surface area contributed by atoms with Crippen LogP contribution in [0.2, 0.25) is 0 Å². The van der Waals surface area contributed by atoms with E-state index in [0.29, 0.717) is 12.2 Å². The van der Waals surface area contributed by atoms with E-state index >= 15 is 0 Å². The Kier molecular flexibility index (Phi) is 6.02. The standard InChI is InChI=1S/C16H20F3NO2/c1-5-12(10-11(2)3)20(15(21)16(17,18)19)13-6-8-14(22-4)9-7-13/h5-9,11-12H,1,10H2,2-4H3/t12-/m0/s1. The molecule has 0 aliphatic carbocycles. The van der Waals surface area contributed by atoms with Gasteiger partial charge in [0.15, 0.2) is 0 Å². The number of hydrogen-bond donors (Lipinski definition) is 0. The Morgan fingerprint density at radius 1 is 1.32 bits per heavy atom. The van der Waals surface area contributed by atoms with Gasteiger partial charge in [-0.05, 0) is 36.6 Å². The molecular formula is C16H20F3NO2. The Morgan fingerprint density at radius 3 is 2.23 bits per heavy atom. The number of anilines is 1. The van der Waals surface area contributed by atoms with Gasteiger partial charge in [-0.15, -0.1) is 6.58 Å². The molecule has 0 radical (unpaired) electrons. The summed E-state index contributed by atoms with van der Waals surface area (Å²) in [7, 11) is 1.46. The maximum Gasteiger partial charge on any atom is 0.471 e.